The number of aliphatic hydroxyl groups is 1. The van der Waals surface area contributed by atoms with E-state index in [0.29, 0.717) is 5.56 Å². The minimum Gasteiger partial charge on any atom is -0.479 e. The molecule has 0 heterocycles. The first-order valence-corrected chi connectivity index (χ1v) is 5.29. The summed E-state index contributed by atoms with van der Waals surface area (Å²) in [5.74, 6) is -1.21. The van der Waals surface area contributed by atoms with Gasteiger partial charge in [0.15, 0.2) is 6.10 Å². The molecule has 1 atom stereocenters. The van der Waals surface area contributed by atoms with Gasteiger partial charge in [-0.15, -0.1) is 0 Å². The maximum Gasteiger partial charge on any atom is 0.337 e. The summed E-state index contributed by atoms with van der Waals surface area (Å²) in [4.78, 5) is 10.6. The van der Waals surface area contributed by atoms with Crippen LogP contribution in [0.3, 0.4) is 0 Å². The Bertz CT molecular complexity index is 377. The molecule has 0 saturated heterocycles. The summed E-state index contributed by atoms with van der Waals surface area (Å²) in [6.07, 6.45) is -0.576. The van der Waals surface area contributed by atoms with E-state index in [9.17, 15) is 9.90 Å². The van der Waals surface area contributed by atoms with Crippen LogP contribution in [0.4, 0.5) is 0 Å². The van der Waals surface area contributed by atoms with Gasteiger partial charge in [-0.3, -0.25) is 0 Å². The molecule has 1 aromatic carbocycles. The van der Waals surface area contributed by atoms with Crippen molar-refractivity contribution in [3.8, 4) is 0 Å². The van der Waals surface area contributed by atoms with Crippen molar-refractivity contribution in [3.63, 3.8) is 0 Å². The molecule has 0 aliphatic carbocycles. The second-order valence-electron chi connectivity index (χ2n) is 5.22. The lowest BCUT2D eigenvalue weighted by atomic mass is 9.87. The lowest BCUT2D eigenvalue weighted by molar-refractivity contribution is -0.146. The van der Waals surface area contributed by atoms with Crippen molar-refractivity contribution in [2.45, 2.75) is 33.3 Å². The van der Waals surface area contributed by atoms with Gasteiger partial charge in [0, 0.05) is 0 Å². The third-order valence-corrected chi connectivity index (χ3v) is 2.24. The summed E-state index contributed by atoms with van der Waals surface area (Å²) in [6.45, 7) is 6.36. The van der Waals surface area contributed by atoms with Crippen LogP contribution in [-0.4, -0.2) is 16.2 Å². The van der Waals surface area contributed by atoms with E-state index in [0.717, 1.165) is 12.0 Å². The molecule has 0 aliphatic rings. The number of carbonyl (C=O) groups is 1. The van der Waals surface area contributed by atoms with Gasteiger partial charge < -0.3 is 10.2 Å². The summed E-state index contributed by atoms with van der Waals surface area (Å²) in [5, 5.41) is 18.1. The summed E-state index contributed by atoms with van der Waals surface area (Å²) >= 11 is 0. The van der Waals surface area contributed by atoms with Crippen LogP contribution in [0.5, 0.6) is 0 Å². The Hall–Kier alpha value is -1.35. The minimum absolute atomic E-state index is 0.146. The molecule has 1 rings (SSSR count). The van der Waals surface area contributed by atoms with Crippen LogP contribution >= 0.6 is 0 Å². The highest BCUT2D eigenvalue weighted by Crippen LogP contribution is 2.22. The molecular weight excluding hydrogens is 204 g/mol. The number of hydrogen-bond acceptors (Lipinski definition) is 2. The van der Waals surface area contributed by atoms with Gasteiger partial charge in [0.25, 0.3) is 0 Å². The van der Waals surface area contributed by atoms with Crippen LogP contribution in [0.2, 0.25) is 0 Å². The molecule has 0 aromatic heterocycles. The fraction of sp³-hybridized carbons (Fsp3) is 0.462. The van der Waals surface area contributed by atoms with Gasteiger partial charge in [-0.2, -0.15) is 0 Å². The van der Waals surface area contributed by atoms with E-state index < -0.39 is 12.1 Å². The van der Waals surface area contributed by atoms with Gasteiger partial charge in [0.05, 0.1) is 0 Å². The molecule has 0 spiro atoms. The van der Waals surface area contributed by atoms with Crippen molar-refractivity contribution in [1.29, 1.82) is 0 Å². The Kier molecular flexibility index (Phi) is 3.70. The molecular formula is C13H18O3. The highest BCUT2D eigenvalue weighted by Gasteiger charge is 2.17. The zero-order valence-electron chi connectivity index (χ0n) is 9.90. The molecule has 0 saturated carbocycles. The third kappa shape index (κ3) is 3.66. The fourth-order valence-corrected chi connectivity index (χ4v) is 1.63. The maximum atomic E-state index is 10.6. The predicted octanol–water partition coefficient (Wildman–Crippen LogP) is 2.39. The normalized spacial score (nSPS) is 13.5. The lowest BCUT2D eigenvalue weighted by Gasteiger charge is -2.18. The van der Waals surface area contributed by atoms with Crippen molar-refractivity contribution in [3.05, 3.63) is 35.4 Å². The molecule has 0 bridgehead atoms. The number of carboxylic acid groups (broad SMARTS) is 1. The smallest absolute Gasteiger partial charge is 0.337 e. The molecule has 88 valence electrons. The van der Waals surface area contributed by atoms with Crippen LogP contribution < -0.4 is 0 Å². The van der Waals surface area contributed by atoms with Gasteiger partial charge in [-0.1, -0.05) is 45.0 Å². The second kappa shape index (κ2) is 4.66. The maximum absolute atomic E-state index is 10.6. The number of hydrogen-bond donors (Lipinski definition) is 2. The number of carboxylic acids is 1. The van der Waals surface area contributed by atoms with E-state index in [1.165, 1.54) is 0 Å². The first-order valence-electron chi connectivity index (χ1n) is 5.29. The molecule has 2 N–H and O–H groups in total. The van der Waals surface area contributed by atoms with Crippen molar-refractivity contribution in [2.75, 3.05) is 0 Å². The fourth-order valence-electron chi connectivity index (χ4n) is 1.63. The molecule has 16 heavy (non-hydrogen) atoms. The number of aliphatic carboxylic acids is 1. The van der Waals surface area contributed by atoms with E-state index in [-0.39, 0.29) is 5.41 Å². The highest BCUT2D eigenvalue weighted by molar-refractivity contribution is 5.74. The molecule has 1 unspecified atom stereocenters. The Morgan fingerprint density at radius 1 is 1.38 bits per heavy atom. The molecule has 0 fully saturated rings. The van der Waals surface area contributed by atoms with Crippen LogP contribution in [0.1, 0.15) is 38.0 Å². The standard InChI is InChI=1S/C13H18O3/c1-13(2,3)8-9-5-4-6-10(7-9)11(14)12(15)16/h4-7,11,14H,8H2,1-3H3,(H,15,16). The first-order chi connectivity index (χ1) is 7.29. The summed E-state index contributed by atoms with van der Waals surface area (Å²) < 4.78 is 0. The van der Waals surface area contributed by atoms with Crippen molar-refractivity contribution < 1.29 is 15.0 Å². The zero-order chi connectivity index (χ0) is 12.3. The van der Waals surface area contributed by atoms with E-state index in [1.54, 1.807) is 18.2 Å². The molecule has 3 heteroatoms. The highest BCUT2D eigenvalue weighted by atomic mass is 16.4. The van der Waals surface area contributed by atoms with Crippen molar-refractivity contribution >= 4 is 5.97 Å². The average molecular weight is 222 g/mol. The van der Waals surface area contributed by atoms with Gasteiger partial charge >= 0.3 is 5.97 Å². The van der Waals surface area contributed by atoms with Gasteiger partial charge in [0.1, 0.15) is 0 Å². The molecule has 0 radical (unpaired) electrons. The quantitative estimate of drug-likeness (QED) is 0.825. The van der Waals surface area contributed by atoms with Crippen LogP contribution in [0.25, 0.3) is 0 Å². The molecule has 0 aliphatic heterocycles. The Balaban J connectivity index is 2.91. The first kappa shape index (κ1) is 12.7. The summed E-state index contributed by atoms with van der Waals surface area (Å²) in [5.41, 5.74) is 1.63. The molecule has 0 amide bonds. The Morgan fingerprint density at radius 2 is 2.00 bits per heavy atom. The Labute approximate surface area is 95.7 Å². The van der Waals surface area contributed by atoms with Gasteiger partial charge in [0.2, 0.25) is 0 Å². The number of aliphatic hydroxyl groups excluding tert-OH is 1. The largest absolute Gasteiger partial charge is 0.479 e. The van der Waals surface area contributed by atoms with Gasteiger partial charge in [-0.25, -0.2) is 4.79 Å². The average Bonchev–Trinajstić information content (AvgIpc) is 2.14. The monoisotopic (exact) mass is 222 g/mol. The topological polar surface area (TPSA) is 57.5 Å². The number of rotatable bonds is 3. The van der Waals surface area contributed by atoms with E-state index >= 15 is 0 Å². The van der Waals surface area contributed by atoms with Crippen LogP contribution in [0, 0.1) is 5.41 Å². The summed E-state index contributed by atoms with van der Waals surface area (Å²) in [7, 11) is 0. The van der Waals surface area contributed by atoms with Crippen molar-refractivity contribution in [1.82, 2.24) is 0 Å². The summed E-state index contributed by atoms with van der Waals surface area (Å²) in [6, 6.07) is 7.11. The lowest BCUT2D eigenvalue weighted by Crippen LogP contribution is -2.12. The third-order valence-electron chi connectivity index (χ3n) is 2.24. The minimum atomic E-state index is -1.43. The van der Waals surface area contributed by atoms with E-state index in [1.807, 2.05) is 6.07 Å². The molecule has 1 aromatic rings. The second-order valence-corrected chi connectivity index (χ2v) is 5.22. The SMILES string of the molecule is CC(C)(C)Cc1cccc(C(O)C(=O)O)c1. The van der Waals surface area contributed by atoms with Crippen LogP contribution in [-0.2, 0) is 11.2 Å². The predicted molar refractivity (Wildman–Crippen MR) is 62.2 cm³/mol. The van der Waals surface area contributed by atoms with Gasteiger partial charge in [-0.05, 0) is 23.0 Å². The van der Waals surface area contributed by atoms with Crippen LogP contribution in [0.15, 0.2) is 24.3 Å². The number of benzene rings is 1. The Morgan fingerprint density at radius 3 is 2.50 bits per heavy atom. The van der Waals surface area contributed by atoms with E-state index in [4.69, 9.17) is 5.11 Å². The van der Waals surface area contributed by atoms with E-state index in [2.05, 4.69) is 20.8 Å². The van der Waals surface area contributed by atoms with Crippen molar-refractivity contribution in [2.24, 2.45) is 5.41 Å². The molecule has 3 nitrogen and oxygen atoms in total. The zero-order valence-corrected chi connectivity index (χ0v) is 9.90.